The van der Waals surface area contributed by atoms with E-state index in [-0.39, 0.29) is 11.8 Å². The van der Waals surface area contributed by atoms with Crippen molar-refractivity contribution in [3.8, 4) is 0 Å². The molecular formula is C16H28N4O7. The molecule has 11 nitrogen and oxygen atoms in total. The number of carboxylic acids is 2. The molecule has 7 N–H and O–H groups in total. The molecule has 154 valence electrons. The summed E-state index contributed by atoms with van der Waals surface area (Å²) in [4.78, 5) is 58.1. The van der Waals surface area contributed by atoms with Crippen LogP contribution in [0.1, 0.15) is 34.1 Å². The van der Waals surface area contributed by atoms with Gasteiger partial charge < -0.3 is 31.9 Å². The number of rotatable bonds is 11. The fourth-order valence-electron chi connectivity index (χ4n) is 2.02. The van der Waals surface area contributed by atoms with Crippen molar-refractivity contribution in [2.75, 3.05) is 6.54 Å². The van der Waals surface area contributed by atoms with Crippen LogP contribution in [0.4, 0.5) is 0 Å². The second kappa shape index (κ2) is 11.1. The van der Waals surface area contributed by atoms with Gasteiger partial charge in [0.1, 0.15) is 18.6 Å². The van der Waals surface area contributed by atoms with Crippen LogP contribution in [-0.2, 0) is 24.0 Å². The lowest BCUT2D eigenvalue weighted by Crippen LogP contribution is -2.58. The lowest BCUT2D eigenvalue weighted by atomic mass is 10.00. The number of nitrogens with one attached hydrogen (secondary N) is 3. The Morgan fingerprint density at radius 2 is 1.37 bits per heavy atom. The number of amides is 3. The Kier molecular flexibility index (Phi) is 10.0. The van der Waals surface area contributed by atoms with Gasteiger partial charge in [0.25, 0.3) is 0 Å². The molecule has 3 atom stereocenters. The molecule has 0 rings (SSSR count). The van der Waals surface area contributed by atoms with E-state index >= 15 is 0 Å². The highest BCUT2D eigenvalue weighted by molar-refractivity contribution is 5.95. The molecule has 0 aliphatic rings. The van der Waals surface area contributed by atoms with E-state index in [9.17, 15) is 24.0 Å². The van der Waals surface area contributed by atoms with Gasteiger partial charge in [0.05, 0.1) is 12.5 Å². The molecule has 11 heteroatoms. The van der Waals surface area contributed by atoms with Crippen molar-refractivity contribution in [3.63, 3.8) is 0 Å². The van der Waals surface area contributed by atoms with Crippen LogP contribution >= 0.6 is 0 Å². The summed E-state index contributed by atoms with van der Waals surface area (Å²) in [6.07, 6.45) is -0.749. The summed E-state index contributed by atoms with van der Waals surface area (Å²) in [6.45, 7) is 6.07. The van der Waals surface area contributed by atoms with Gasteiger partial charge in [-0.3, -0.25) is 24.0 Å². The summed E-state index contributed by atoms with van der Waals surface area (Å²) in [6, 6.07) is -3.38. The first-order valence-corrected chi connectivity index (χ1v) is 8.44. The van der Waals surface area contributed by atoms with Crippen LogP contribution in [0, 0.1) is 11.8 Å². The monoisotopic (exact) mass is 388 g/mol. The summed E-state index contributed by atoms with van der Waals surface area (Å²) in [5.74, 6) is -5.50. The Hall–Kier alpha value is -2.69. The van der Waals surface area contributed by atoms with Gasteiger partial charge in [-0.25, -0.2) is 0 Å². The molecule has 0 spiro atoms. The average Bonchev–Trinajstić information content (AvgIpc) is 2.54. The zero-order chi connectivity index (χ0) is 21.3. The largest absolute Gasteiger partial charge is 0.481 e. The molecule has 0 radical (unpaired) electrons. The minimum absolute atomic E-state index is 0.164. The van der Waals surface area contributed by atoms with Crippen molar-refractivity contribution in [3.05, 3.63) is 0 Å². The van der Waals surface area contributed by atoms with Crippen LogP contribution in [-0.4, -0.2) is 64.5 Å². The fourth-order valence-corrected chi connectivity index (χ4v) is 2.02. The third-order valence-corrected chi connectivity index (χ3v) is 3.69. The Bertz CT molecular complexity index is 577. The van der Waals surface area contributed by atoms with E-state index in [1.807, 2.05) is 5.32 Å². The van der Waals surface area contributed by atoms with E-state index in [1.165, 1.54) is 0 Å². The van der Waals surface area contributed by atoms with Gasteiger partial charge in [-0.2, -0.15) is 0 Å². The predicted molar refractivity (Wildman–Crippen MR) is 94.4 cm³/mol. The molecule has 0 fully saturated rings. The molecule has 0 aliphatic heterocycles. The summed E-state index contributed by atoms with van der Waals surface area (Å²) >= 11 is 0. The molecule has 0 saturated heterocycles. The van der Waals surface area contributed by atoms with Crippen LogP contribution < -0.4 is 21.7 Å². The van der Waals surface area contributed by atoms with Crippen LogP contribution in [0.15, 0.2) is 0 Å². The number of carboxylic acid groups (broad SMARTS) is 2. The van der Waals surface area contributed by atoms with Gasteiger partial charge in [-0.1, -0.05) is 27.7 Å². The van der Waals surface area contributed by atoms with Crippen LogP contribution in [0.3, 0.4) is 0 Å². The molecule has 27 heavy (non-hydrogen) atoms. The number of hydrogen-bond acceptors (Lipinski definition) is 6. The topological polar surface area (TPSA) is 188 Å². The smallest absolute Gasteiger partial charge is 0.322 e. The van der Waals surface area contributed by atoms with E-state index in [2.05, 4.69) is 10.6 Å². The van der Waals surface area contributed by atoms with Crippen LogP contribution in [0.5, 0.6) is 0 Å². The Balaban J connectivity index is 5.21. The Labute approximate surface area is 157 Å². The van der Waals surface area contributed by atoms with Crippen LogP contribution in [0.2, 0.25) is 0 Å². The summed E-state index contributed by atoms with van der Waals surface area (Å²) < 4.78 is 0. The summed E-state index contributed by atoms with van der Waals surface area (Å²) in [5, 5.41) is 24.3. The number of hydrogen-bond donors (Lipinski definition) is 6. The first kappa shape index (κ1) is 24.3. The predicted octanol–water partition coefficient (Wildman–Crippen LogP) is -1.73. The zero-order valence-corrected chi connectivity index (χ0v) is 15.8. The molecule has 0 heterocycles. The first-order chi connectivity index (χ1) is 12.4. The summed E-state index contributed by atoms with van der Waals surface area (Å²) in [7, 11) is 0. The molecule has 3 unspecified atom stereocenters. The lowest BCUT2D eigenvalue weighted by molar-refractivity contribution is -0.142. The minimum Gasteiger partial charge on any atom is -0.481 e. The van der Waals surface area contributed by atoms with E-state index in [0.717, 1.165) is 0 Å². The first-order valence-electron chi connectivity index (χ1n) is 8.44. The number of nitrogens with two attached hydrogens (primary N) is 1. The highest BCUT2D eigenvalue weighted by Gasteiger charge is 2.31. The van der Waals surface area contributed by atoms with Gasteiger partial charge in [0.15, 0.2) is 0 Å². The average molecular weight is 388 g/mol. The maximum Gasteiger partial charge on any atom is 0.322 e. The highest BCUT2D eigenvalue weighted by atomic mass is 16.4. The molecule has 3 amide bonds. The molecular weight excluding hydrogens is 360 g/mol. The fraction of sp³-hybridized carbons (Fsp3) is 0.688. The molecule has 0 aliphatic carbocycles. The van der Waals surface area contributed by atoms with Crippen molar-refractivity contribution in [1.29, 1.82) is 0 Å². The van der Waals surface area contributed by atoms with Gasteiger partial charge in [0, 0.05) is 0 Å². The van der Waals surface area contributed by atoms with Crippen LogP contribution in [0.25, 0.3) is 0 Å². The minimum atomic E-state index is -1.49. The van der Waals surface area contributed by atoms with Crippen molar-refractivity contribution in [2.24, 2.45) is 17.6 Å². The Morgan fingerprint density at radius 3 is 1.78 bits per heavy atom. The van der Waals surface area contributed by atoms with Crippen molar-refractivity contribution in [1.82, 2.24) is 16.0 Å². The SMILES string of the molecule is CC(C)C(N)C(=O)NC(C(=O)NC(CC(=O)O)C(=O)NCC(=O)O)C(C)C. The highest BCUT2D eigenvalue weighted by Crippen LogP contribution is 2.06. The second-order valence-corrected chi connectivity index (χ2v) is 6.77. The standard InChI is InChI=1S/C16H28N4O7/c1-7(2)12(17)15(26)20-13(8(3)4)16(27)19-9(5-10(21)22)14(25)18-6-11(23)24/h7-9,12-13H,5-6,17H2,1-4H3,(H,18,25)(H,19,27)(H,20,26)(H,21,22)(H,23,24). The van der Waals surface area contributed by atoms with Crippen molar-refractivity contribution >= 4 is 29.7 Å². The number of carbonyl (C=O) groups is 5. The van der Waals surface area contributed by atoms with Gasteiger partial charge in [0.2, 0.25) is 17.7 Å². The Morgan fingerprint density at radius 1 is 0.815 bits per heavy atom. The number of carbonyl (C=O) groups excluding carboxylic acids is 3. The van der Waals surface area contributed by atoms with Gasteiger partial charge in [-0.15, -0.1) is 0 Å². The zero-order valence-electron chi connectivity index (χ0n) is 15.8. The molecule has 0 aromatic heterocycles. The molecule has 0 aromatic rings. The maximum absolute atomic E-state index is 12.5. The maximum atomic E-state index is 12.5. The van der Waals surface area contributed by atoms with E-state index < -0.39 is 60.8 Å². The van der Waals surface area contributed by atoms with E-state index in [4.69, 9.17) is 15.9 Å². The molecule has 0 aromatic carbocycles. The molecule has 0 saturated carbocycles. The lowest BCUT2D eigenvalue weighted by Gasteiger charge is -2.26. The third kappa shape index (κ3) is 8.99. The molecule has 0 bridgehead atoms. The summed E-state index contributed by atoms with van der Waals surface area (Å²) in [5.41, 5.74) is 5.75. The van der Waals surface area contributed by atoms with E-state index in [1.54, 1.807) is 27.7 Å². The number of aliphatic carboxylic acids is 2. The second-order valence-electron chi connectivity index (χ2n) is 6.77. The van der Waals surface area contributed by atoms with E-state index in [0.29, 0.717) is 0 Å². The third-order valence-electron chi connectivity index (χ3n) is 3.69. The van der Waals surface area contributed by atoms with Crippen molar-refractivity contribution in [2.45, 2.75) is 52.2 Å². The quantitative estimate of drug-likeness (QED) is 0.241. The van der Waals surface area contributed by atoms with Gasteiger partial charge >= 0.3 is 11.9 Å². The van der Waals surface area contributed by atoms with Gasteiger partial charge in [-0.05, 0) is 11.8 Å². The van der Waals surface area contributed by atoms with Crippen molar-refractivity contribution < 1.29 is 34.2 Å². The normalized spacial score (nSPS) is 14.2.